The highest BCUT2D eigenvalue weighted by Gasteiger charge is 2.10. The Kier molecular flexibility index (Phi) is 10.2. The van der Waals surface area contributed by atoms with E-state index in [-0.39, 0.29) is 24.1 Å². The molecule has 2 N–H and O–H groups in total. The molecule has 0 saturated carbocycles. The number of benzene rings is 1. The van der Waals surface area contributed by atoms with Crippen molar-refractivity contribution >= 4 is 57.6 Å². The number of nitrogens with zero attached hydrogens (tertiary/aromatic N) is 2. The van der Waals surface area contributed by atoms with Crippen LogP contribution in [0.1, 0.15) is 19.8 Å². The molecule has 0 aliphatic heterocycles. The molecule has 12 heteroatoms. The summed E-state index contributed by atoms with van der Waals surface area (Å²) < 4.78 is 30.1. The SMILES string of the molecule is CCOC(=O)CCCNC(=O)CSc1nnc(Nc2ccc(SC(F)F)cc2)s1. The summed E-state index contributed by atoms with van der Waals surface area (Å²) in [6.07, 6.45) is 0.797. The van der Waals surface area contributed by atoms with E-state index in [4.69, 9.17) is 4.74 Å². The number of thioether (sulfide) groups is 2. The fraction of sp³-hybridized carbons (Fsp3) is 0.412. The molecule has 0 unspecified atom stereocenters. The summed E-state index contributed by atoms with van der Waals surface area (Å²) in [7, 11) is 0. The van der Waals surface area contributed by atoms with E-state index in [1.807, 2.05) is 0 Å². The van der Waals surface area contributed by atoms with Gasteiger partial charge in [0, 0.05) is 23.5 Å². The van der Waals surface area contributed by atoms with Crippen molar-refractivity contribution in [2.75, 3.05) is 24.2 Å². The Balaban J connectivity index is 1.69. The summed E-state index contributed by atoms with van der Waals surface area (Å²) in [5.74, 6) is -2.69. The lowest BCUT2D eigenvalue weighted by atomic mass is 10.3. The van der Waals surface area contributed by atoms with Crippen LogP contribution >= 0.6 is 34.9 Å². The monoisotopic (exact) mass is 462 g/mol. The minimum Gasteiger partial charge on any atom is -0.466 e. The molecular formula is C17H20F2N4O3S3. The second-order valence-corrected chi connectivity index (χ2v) is 8.71. The van der Waals surface area contributed by atoms with Crippen LogP contribution in [-0.2, 0) is 14.3 Å². The Hall–Kier alpha value is -1.92. The number of halogens is 2. The van der Waals surface area contributed by atoms with E-state index in [1.54, 1.807) is 31.2 Å². The van der Waals surface area contributed by atoms with Crippen LogP contribution in [0.15, 0.2) is 33.5 Å². The lowest BCUT2D eigenvalue weighted by Crippen LogP contribution is -2.26. The molecule has 0 atom stereocenters. The largest absolute Gasteiger partial charge is 0.466 e. The zero-order chi connectivity index (χ0) is 21.1. The Morgan fingerprint density at radius 3 is 2.69 bits per heavy atom. The van der Waals surface area contributed by atoms with Crippen LogP contribution in [0.25, 0.3) is 0 Å². The number of alkyl halides is 2. The second-order valence-electron chi connectivity index (χ2n) is 5.45. The van der Waals surface area contributed by atoms with Crippen molar-refractivity contribution in [3.8, 4) is 0 Å². The zero-order valence-corrected chi connectivity index (χ0v) is 18.0. The van der Waals surface area contributed by atoms with Crippen LogP contribution in [0.3, 0.4) is 0 Å². The molecule has 0 aliphatic rings. The van der Waals surface area contributed by atoms with Gasteiger partial charge in [-0.25, -0.2) is 0 Å². The number of hydrogen-bond donors (Lipinski definition) is 2. The first-order valence-electron chi connectivity index (χ1n) is 8.66. The molecule has 29 heavy (non-hydrogen) atoms. The van der Waals surface area contributed by atoms with Gasteiger partial charge in [0.25, 0.3) is 5.76 Å². The Labute approximate surface area is 179 Å². The van der Waals surface area contributed by atoms with Gasteiger partial charge < -0.3 is 15.4 Å². The minimum absolute atomic E-state index is 0.157. The van der Waals surface area contributed by atoms with Crippen molar-refractivity contribution in [1.29, 1.82) is 0 Å². The zero-order valence-electron chi connectivity index (χ0n) is 15.5. The van der Waals surface area contributed by atoms with Gasteiger partial charge in [0.15, 0.2) is 4.34 Å². The number of carbonyl (C=O) groups is 2. The van der Waals surface area contributed by atoms with E-state index in [0.717, 1.165) is 0 Å². The van der Waals surface area contributed by atoms with Gasteiger partial charge in [-0.3, -0.25) is 9.59 Å². The van der Waals surface area contributed by atoms with Gasteiger partial charge in [0.2, 0.25) is 11.0 Å². The summed E-state index contributed by atoms with van der Waals surface area (Å²) in [6, 6.07) is 6.57. The molecule has 0 saturated heterocycles. The Morgan fingerprint density at radius 2 is 2.00 bits per heavy atom. The summed E-state index contributed by atoms with van der Waals surface area (Å²) >= 11 is 3.03. The van der Waals surface area contributed by atoms with Crippen LogP contribution in [-0.4, -0.2) is 46.7 Å². The van der Waals surface area contributed by atoms with Gasteiger partial charge in [-0.05, 0) is 37.6 Å². The highest BCUT2D eigenvalue weighted by Crippen LogP contribution is 2.29. The normalized spacial score (nSPS) is 10.8. The predicted octanol–water partition coefficient (Wildman–Crippen LogP) is 4.15. The smallest absolute Gasteiger partial charge is 0.305 e. The first-order chi connectivity index (χ1) is 14.0. The van der Waals surface area contributed by atoms with E-state index in [2.05, 4.69) is 20.8 Å². The molecule has 0 fully saturated rings. The van der Waals surface area contributed by atoms with Crippen LogP contribution in [0.2, 0.25) is 0 Å². The van der Waals surface area contributed by atoms with E-state index >= 15 is 0 Å². The second kappa shape index (κ2) is 12.6. The number of aromatic nitrogens is 2. The van der Waals surface area contributed by atoms with Crippen molar-refractivity contribution in [1.82, 2.24) is 15.5 Å². The van der Waals surface area contributed by atoms with Crippen molar-refractivity contribution in [3.05, 3.63) is 24.3 Å². The van der Waals surface area contributed by atoms with E-state index in [1.165, 1.54) is 23.1 Å². The molecule has 1 heterocycles. The van der Waals surface area contributed by atoms with Gasteiger partial charge >= 0.3 is 5.97 Å². The van der Waals surface area contributed by atoms with Crippen molar-refractivity contribution in [3.63, 3.8) is 0 Å². The van der Waals surface area contributed by atoms with Gasteiger partial charge in [-0.1, -0.05) is 34.9 Å². The average molecular weight is 463 g/mol. The maximum atomic E-state index is 12.3. The molecule has 1 aromatic carbocycles. The molecule has 2 rings (SSSR count). The van der Waals surface area contributed by atoms with E-state index in [0.29, 0.717) is 51.4 Å². The number of anilines is 2. The molecule has 0 spiro atoms. The quantitative estimate of drug-likeness (QED) is 0.276. The number of rotatable bonds is 12. The number of ether oxygens (including phenoxy) is 1. The highest BCUT2D eigenvalue weighted by molar-refractivity contribution is 8.01. The van der Waals surface area contributed by atoms with Crippen molar-refractivity contribution < 1.29 is 23.1 Å². The average Bonchev–Trinajstić information content (AvgIpc) is 3.12. The lowest BCUT2D eigenvalue weighted by Gasteiger charge is -2.04. The number of carbonyl (C=O) groups excluding carboxylic acids is 2. The molecule has 158 valence electrons. The Bertz CT molecular complexity index is 790. The van der Waals surface area contributed by atoms with Crippen LogP contribution in [0, 0.1) is 0 Å². The van der Waals surface area contributed by atoms with Crippen LogP contribution < -0.4 is 10.6 Å². The molecule has 7 nitrogen and oxygen atoms in total. The molecule has 0 aliphatic carbocycles. The van der Waals surface area contributed by atoms with Gasteiger partial charge in [-0.15, -0.1) is 10.2 Å². The molecule has 1 amide bonds. The van der Waals surface area contributed by atoms with Gasteiger partial charge in [0.05, 0.1) is 12.4 Å². The minimum atomic E-state index is -2.45. The number of nitrogens with one attached hydrogen (secondary N) is 2. The van der Waals surface area contributed by atoms with Crippen LogP contribution in [0.5, 0.6) is 0 Å². The number of hydrogen-bond acceptors (Lipinski definition) is 9. The lowest BCUT2D eigenvalue weighted by molar-refractivity contribution is -0.143. The van der Waals surface area contributed by atoms with Crippen LogP contribution in [0.4, 0.5) is 19.6 Å². The fourth-order valence-corrected chi connectivity index (χ4v) is 4.13. The van der Waals surface area contributed by atoms with Gasteiger partial charge in [0.1, 0.15) is 0 Å². The van der Waals surface area contributed by atoms with Gasteiger partial charge in [-0.2, -0.15) is 8.78 Å². The molecule has 2 aromatic rings. The predicted molar refractivity (Wildman–Crippen MR) is 111 cm³/mol. The van der Waals surface area contributed by atoms with E-state index < -0.39 is 5.76 Å². The molecule has 0 bridgehead atoms. The Morgan fingerprint density at radius 1 is 1.24 bits per heavy atom. The third-order valence-electron chi connectivity index (χ3n) is 3.25. The topological polar surface area (TPSA) is 93.2 Å². The maximum absolute atomic E-state index is 12.3. The first kappa shape index (κ1) is 23.4. The standard InChI is InChI=1S/C17H20F2N4O3S3/c1-2-26-14(25)4-3-9-20-13(24)10-27-17-23-22-16(29-17)21-11-5-7-12(8-6-11)28-15(18)19/h5-8,15H,2-4,9-10H2,1H3,(H,20,24)(H,21,22). The number of esters is 1. The highest BCUT2D eigenvalue weighted by atomic mass is 32.2. The summed E-state index contributed by atoms with van der Waals surface area (Å²) in [6.45, 7) is 2.50. The fourth-order valence-electron chi connectivity index (χ4n) is 2.03. The van der Waals surface area contributed by atoms with Crippen molar-refractivity contribution in [2.24, 2.45) is 0 Å². The van der Waals surface area contributed by atoms with E-state index in [9.17, 15) is 18.4 Å². The molecular weight excluding hydrogens is 442 g/mol. The summed E-state index contributed by atoms with van der Waals surface area (Å²) in [5.41, 5.74) is 0.704. The third-order valence-corrected chi connectivity index (χ3v) is 5.94. The first-order valence-corrected chi connectivity index (χ1v) is 11.3. The summed E-state index contributed by atoms with van der Waals surface area (Å²) in [4.78, 5) is 23.5. The summed E-state index contributed by atoms with van der Waals surface area (Å²) in [5, 5.41) is 14.3. The number of amides is 1. The molecule has 1 aromatic heterocycles. The third kappa shape index (κ3) is 9.41. The maximum Gasteiger partial charge on any atom is 0.305 e. The van der Waals surface area contributed by atoms with Crippen molar-refractivity contribution in [2.45, 2.75) is 34.8 Å². The molecule has 0 radical (unpaired) electrons.